The minimum Gasteiger partial charge on any atom is -0.368 e. The maximum atomic E-state index is 4.88. The molecule has 4 rings (SSSR count). The molecular formula is C19H20N2S. The number of aromatic nitrogens is 1. The molecule has 1 unspecified atom stereocenters. The van der Waals surface area contributed by atoms with Gasteiger partial charge in [-0.05, 0) is 49.8 Å². The summed E-state index contributed by atoms with van der Waals surface area (Å²) in [6.07, 6.45) is 3.92. The molecule has 3 heterocycles. The first-order chi connectivity index (χ1) is 10.8. The zero-order valence-corrected chi connectivity index (χ0v) is 13.6. The van der Waals surface area contributed by atoms with Gasteiger partial charge in [0.25, 0.3) is 0 Å². The number of fused-ring (bicyclic) bond motifs is 1. The van der Waals surface area contributed by atoms with Gasteiger partial charge in [0.1, 0.15) is 0 Å². The van der Waals surface area contributed by atoms with E-state index in [0.29, 0.717) is 6.04 Å². The number of benzene rings is 1. The third-order valence-electron chi connectivity index (χ3n) is 4.58. The molecule has 1 aliphatic rings. The molecule has 2 nitrogen and oxygen atoms in total. The van der Waals surface area contributed by atoms with Crippen LogP contribution in [0.5, 0.6) is 0 Å². The van der Waals surface area contributed by atoms with E-state index in [9.17, 15) is 0 Å². The maximum absolute atomic E-state index is 4.88. The minimum absolute atomic E-state index is 0.607. The Morgan fingerprint density at radius 3 is 2.86 bits per heavy atom. The number of pyridine rings is 1. The Morgan fingerprint density at radius 1 is 1.14 bits per heavy atom. The fraction of sp³-hybridized carbons (Fsp3) is 0.316. The van der Waals surface area contributed by atoms with Gasteiger partial charge >= 0.3 is 0 Å². The van der Waals surface area contributed by atoms with Crippen molar-refractivity contribution in [2.75, 3.05) is 11.4 Å². The van der Waals surface area contributed by atoms with Crippen molar-refractivity contribution in [2.45, 2.75) is 32.2 Å². The van der Waals surface area contributed by atoms with Crippen LogP contribution in [0, 0.1) is 0 Å². The Kier molecular flexibility index (Phi) is 3.59. The zero-order chi connectivity index (χ0) is 14.9. The molecule has 1 aliphatic heterocycles. The number of hydrogen-bond donors (Lipinski definition) is 0. The molecule has 0 bridgehead atoms. The van der Waals surface area contributed by atoms with Crippen LogP contribution >= 0.6 is 11.3 Å². The van der Waals surface area contributed by atoms with E-state index in [1.54, 1.807) is 11.3 Å². The molecule has 0 aliphatic carbocycles. The largest absolute Gasteiger partial charge is 0.368 e. The van der Waals surface area contributed by atoms with E-state index in [-0.39, 0.29) is 0 Å². The summed E-state index contributed by atoms with van der Waals surface area (Å²) in [5, 5.41) is 3.40. The first kappa shape index (κ1) is 13.8. The fourth-order valence-corrected chi connectivity index (χ4v) is 4.09. The third-order valence-corrected chi connectivity index (χ3v) is 5.47. The van der Waals surface area contributed by atoms with E-state index in [0.717, 1.165) is 17.8 Å². The summed E-state index contributed by atoms with van der Waals surface area (Å²) in [7, 11) is 0. The zero-order valence-electron chi connectivity index (χ0n) is 12.8. The van der Waals surface area contributed by atoms with Gasteiger partial charge < -0.3 is 4.90 Å². The molecule has 0 spiro atoms. The lowest BCUT2D eigenvalue weighted by Crippen LogP contribution is -2.37. The quantitative estimate of drug-likeness (QED) is 0.635. The Balaban J connectivity index is 1.91. The Bertz CT molecular complexity index is 779. The van der Waals surface area contributed by atoms with Crippen LogP contribution < -0.4 is 4.90 Å². The highest BCUT2D eigenvalue weighted by Crippen LogP contribution is 2.35. The second kappa shape index (κ2) is 5.73. The molecule has 3 heteroatoms. The van der Waals surface area contributed by atoms with Crippen LogP contribution in [0.15, 0.2) is 47.8 Å². The number of piperidine rings is 1. The van der Waals surface area contributed by atoms with Gasteiger partial charge in [-0.15, -0.1) is 11.3 Å². The fourth-order valence-electron chi connectivity index (χ4n) is 3.40. The highest BCUT2D eigenvalue weighted by Gasteiger charge is 2.21. The number of thiophene rings is 1. The van der Waals surface area contributed by atoms with Crippen LogP contribution in [-0.2, 0) is 0 Å². The molecule has 0 saturated carbocycles. The van der Waals surface area contributed by atoms with Crippen LogP contribution in [-0.4, -0.2) is 17.6 Å². The molecule has 1 atom stereocenters. The van der Waals surface area contributed by atoms with E-state index in [2.05, 4.69) is 59.7 Å². The lowest BCUT2D eigenvalue weighted by Gasteiger charge is -2.36. The number of para-hydroxylation sites is 1. The van der Waals surface area contributed by atoms with Gasteiger partial charge in [0.2, 0.25) is 0 Å². The van der Waals surface area contributed by atoms with Gasteiger partial charge in [-0.25, -0.2) is 4.98 Å². The van der Waals surface area contributed by atoms with Crippen LogP contribution in [0.1, 0.15) is 26.2 Å². The lowest BCUT2D eigenvalue weighted by molar-refractivity contribution is 0.486. The molecular weight excluding hydrogens is 288 g/mol. The topological polar surface area (TPSA) is 16.1 Å². The van der Waals surface area contributed by atoms with Gasteiger partial charge in [-0.1, -0.05) is 24.3 Å². The molecule has 0 amide bonds. The summed E-state index contributed by atoms with van der Waals surface area (Å²) in [4.78, 5) is 8.70. The number of rotatable bonds is 2. The van der Waals surface area contributed by atoms with Crippen molar-refractivity contribution in [1.82, 2.24) is 4.98 Å². The molecule has 2 aromatic heterocycles. The second-order valence-electron chi connectivity index (χ2n) is 6.06. The predicted octanol–water partition coefficient (Wildman–Crippen LogP) is 5.34. The highest BCUT2D eigenvalue weighted by molar-refractivity contribution is 7.13. The molecule has 0 N–H and O–H groups in total. The third kappa shape index (κ3) is 2.40. The predicted molar refractivity (Wildman–Crippen MR) is 95.7 cm³/mol. The molecule has 22 heavy (non-hydrogen) atoms. The van der Waals surface area contributed by atoms with Gasteiger partial charge in [0, 0.05) is 23.7 Å². The van der Waals surface area contributed by atoms with Crippen molar-refractivity contribution in [3.8, 4) is 10.6 Å². The SMILES string of the molecule is CC1CCCCN1c1cc(-c2cccs2)nc2ccccc12. The van der Waals surface area contributed by atoms with E-state index in [1.165, 1.54) is 35.2 Å². The van der Waals surface area contributed by atoms with Crippen LogP contribution in [0.3, 0.4) is 0 Å². The maximum Gasteiger partial charge on any atom is 0.0830 e. The van der Waals surface area contributed by atoms with E-state index in [1.807, 2.05) is 0 Å². The molecule has 3 aromatic rings. The smallest absolute Gasteiger partial charge is 0.0830 e. The summed E-state index contributed by atoms with van der Waals surface area (Å²) in [5.74, 6) is 0. The number of hydrogen-bond acceptors (Lipinski definition) is 3. The average molecular weight is 308 g/mol. The van der Waals surface area contributed by atoms with Crippen molar-refractivity contribution in [3.05, 3.63) is 47.8 Å². The van der Waals surface area contributed by atoms with Gasteiger partial charge in [0.05, 0.1) is 16.1 Å². The lowest BCUT2D eigenvalue weighted by atomic mass is 10.0. The summed E-state index contributed by atoms with van der Waals surface area (Å²) in [6, 6.07) is 15.7. The molecule has 1 saturated heterocycles. The standard InChI is InChI=1S/C19H20N2S/c1-14-7-4-5-11-21(14)18-13-17(19-10-6-12-22-19)20-16-9-3-2-8-15(16)18/h2-3,6,8-10,12-14H,4-5,7,11H2,1H3. The first-order valence-electron chi connectivity index (χ1n) is 8.03. The molecule has 0 radical (unpaired) electrons. The summed E-state index contributed by atoms with van der Waals surface area (Å²) >= 11 is 1.76. The van der Waals surface area contributed by atoms with Crippen molar-refractivity contribution in [2.24, 2.45) is 0 Å². The van der Waals surface area contributed by atoms with Gasteiger partial charge in [-0.3, -0.25) is 0 Å². The molecule has 112 valence electrons. The van der Waals surface area contributed by atoms with Crippen LogP contribution in [0.4, 0.5) is 5.69 Å². The van der Waals surface area contributed by atoms with E-state index in [4.69, 9.17) is 4.98 Å². The van der Waals surface area contributed by atoms with Crippen molar-refractivity contribution in [3.63, 3.8) is 0 Å². The van der Waals surface area contributed by atoms with Crippen molar-refractivity contribution in [1.29, 1.82) is 0 Å². The number of anilines is 1. The number of nitrogens with zero attached hydrogens (tertiary/aromatic N) is 2. The molecule has 1 fully saturated rings. The van der Waals surface area contributed by atoms with Gasteiger partial charge in [0.15, 0.2) is 0 Å². The molecule has 1 aromatic carbocycles. The summed E-state index contributed by atoms with van der Waals surface area (Å²) in [6.45, 7) is 3.50. The van der Waals surface area contributed by atoms with E-state index < -0.39 is 0 Å². The Morgan fingerprint density at radius 2 is 2.05 bits per heavy atom. The monoisotopic (exact) mass is 308 g/mol. The van der Waals surface area contributed by atoms with Crippen molar-refractivity contribution < 1.29 is 0 Å². The van der Waals surface area contributed by atoms with Crippen molar-refractivity contribution >= 4 is 27.9 Å². The van der Waals surface area contributed by atoms with Gasteiger partial charge in [-0.2, -0.15) is 0 Å². The normalized spacial score (nSPS) is 18.8. The second-order valence-corrected chi connectivity index (χ2v) is 7.01. The Hall–Kier alpha value is -1.87. The van der Waals surface area contributed by atoms with Crippen LogP contribution in [0.2, 0.25) is 0 Å². The average Bonchev–Trinajstić information content (AvgIpc) is 3.09. The summed E-state index contributed by atoms with van der Waals surface area (Å²) < 4.78 is 0. The minimum atomic E-state index is 0.607. The Labute approximate surface area is 135 Å². The highest BCUT2D eigenvalue weighted by atomic mass is 32.1. The first-order valence-corrected chi connectivity index (χ1v) is 8.91. The van der Waals surface area contributed by atoms with E-state index >= 15 is 0 Å². The van der Waals surface area contributed by atoms with Crippen LogP contribution in [0.25, 0.3) is 21.5 Å². The summed E-state index contributed by atoms with van der Waals surface area (Å²) in [5.41, 5.74) is 3.55.